The second-order valence-electron chi connectivity index (χ2n) is 6.03. The fraction of sp³-hybridized carbons (Fsp3) is 0.0455. The standard InChI is InChI=1S/C22H16FNO2/c1-26-21-10-7-14(11-17(21)15-5-3-2-4-6-15)12-19-18-13-16(23)8-9-20(18)24-22(19)25/h2-13H,1H3,(H,24,25). The first kappa shape index (κ1) is 16.1. The average molecular weight is 345 g/mol. The number of benzene rings is 3. The van der Waals surface area contributed by atoms with Crippen LogP contribution in [0.1, 0.15) is 11.1 Å². The van der Waals surface area contributed by atoms with Gasteiger partial charge in [-0.15, -0.1) is 0 Å². The Bertz CT molecular complexity index is 1030. The summed E-state index contributed by atoms with van der Waals surface area (Å²) in [6.45, 7) is 0. The number of fused-ring (bicyclic) bond motifs is 1. The Morgan fingerprint density at radius 2 is 1.77 bits per heavy atom. The van der Waals surface area contributed by atoms with Crippen molar-refractivity contribution < 1.29 is 13.9 Å². The van der Waals surface area contributed by atoms with Gasteiger partial charge in [-0.1, -0.05) is 36.4 Å². The number of methoxy groups -OCH3 is 1. The van der Waals surface area contributed by atoms with E-state index in [2.05, 4.69) is 5.32 Å². The molecule has 4 rings (SSSR count). The zero-order valence-electron chi connectivity index (χ0n) is 14.1. The molecule has 1 amide bonds. The monoisotopic (exact) mass is 345 g/mol. The number of ether oxygens (including phenoxy) is 1. The number of rotatable bonds is 3. The van der Waals surface area contributed by atoms with Crippen LogP contribution < -0.4 is 10.1 Å². The molecule has 4 heteroatoms. The van der Waals surface area contributed by atoms with E-state index in [0.717, 1.165) is 22.4 Å². The van der Waals surface area contributed by atoms with Gasteiger partial charge in [0.2, 0.25) is 0 Å². The molecule has 0 saturated heterocycles. The summed E-state index contributed by atoms with van der Waals surface area (Å²) in [4.78, 5) is 12.3. The van der Waals surface area contributed by atoms with Crippen molar-refractivity contribution in [2.24, 2.45) is 0 Å². The minimum atomic E-state index is -0.370. The van der Waals surface area contributed by atoms with Crippen molar-refractivity contribution in [3.05, 3.63) is 83.7 Å². The van der Waals surface area contributed by atoms with Crippen LogP contribution in [0.4, 0.5) is 10.1 Å². The summed E-state index contributed by atoms with van der Waals surface area (Å²) in [6, 6.07) is 19.9. The van der Waals surface area contributed by atoms with Gasteiger partial charge in [-0.05, 0) is 47.5 Å². The van der Waals surface area contributed by atoms with E-state index in [1.54, 1.807) is 19.3 Å². The number of hydrogen-bond donors (Lipinski definition) is 1. The lowest BCUT2D eigenvalue weighted by molar-refractivity contribution is -0.110. The molecule has 0 aliphatic carbocycles. The van der Waals surface area contributed by atoms with E-state index in [4.69, 9.17) is 4.74 Å². The molecule has 3 nitrogen and oxygen atoms in total. The van der Waals surface area contributed by atoms with Gasteiger partial charge in [0.1, 0.15) is 11.6 Å². The summed E-state index contributed by atoms with van der Waals surface area (Å²) in [5, 5.41) is 2.77. The summed E-state index contributed by atoms with van der Waals surface area (Å²) in [7, 11) is 1.63. The molecule has 3 aromatic carbocycles. The highest BCUT2D eigenvalue weighted by Gasteiger charge is 2.24. The third kappa shape index (κ3) is 2.86. The summed E-state index contributed by atoms with van der Waals surface area (Å²) in [5.74, 6) is 0.147. The molecule has 1 aliphatic heterocycles. The van der Waals surface area contributed by atoms with Gasteiger partial charge < -0.3 is 10.1 Å². The highest BCUT2D eigenvalue weighted by atomic mass is 19.1. The summed E-state index contributed by atoms with van der Waals surface area (Å²) in [6.07, 6.45) is 1.77. The second kappa shape index (κ2) is 6.48. The maximum Gasteiger partial charge on any atom is 0.256 e. The quantitative estimate of drug-likeness (QED) is 0.679. The Morgan fingerprint density at radius 3 is 2.54 bits per heavy atom. The van der Waals surface area contributed by atoms with E-state index in [1.807, 2.05) is 48.5 Å². The largest absolute Gasteiger partial charge is 0.496 e. The van der Waals surface area contributed by atoms with Crippen LogP contribution in [-0.2, 0) is 4.79 Å². The Kier molecular flexibility index (Phi) is 4.01. The molecule has 0 unspecified atom stereocenters. The number of carbonyl (C=O) groups is 1. The van der Waals surface area contributed by atoms with Gasteiger partial charge in [0.25, 0.3) is 5.91 Å². The van der Waals surface area contributed by atoms with Gasteiger partial charge in [-0.2, -0.15) is 0 Å². The molecule has 0 aromatic heterocycles. The van der Waals surface area contributed by atoms with Gasteiger partial charge in [0, 0.05) is 22.4 Å². The number of nitrogens with one attached hydrogen (secondary N) is 1. The van der Waals surface area contributed by atoms with Crippen molar-refractivity contribution in [2.75, 3.05) is 12.4 Å². The smallest absolute Gasteiger partial charge is 0.256 e. The van der Waals surface area contributed by atoms with Crippen LogP contribution >= 0.6 is 0 Å². The number of carbonyl (C=O) groups excluding carboxylic acids is 1. The Labute approximate surface area is 150 Å². The Morgan fingerprint density at radius 1 is 0.962 bits per heavy atom. The Balaban J connectivity index is 1.82. The van der Waals surface area contributed by atoms with E-state index in [1.165, 1.54) is 12.1 Å². The lowest BCUT2D eigenvalue weighted by Gasteiger charge is -2.10. The normalized spacial score (nSPS) is 14.2. The van der Waals surface area contributed by atoms with Gasteiger partial charge in [-0.3, -0.25) is 4.79 Å². The van der Waals surface area contributed by atoms with Gasteiger partial charge in [0.15, 0.2) is 0 Å². The zero-order chi connectivity index (χ0) is 18.1. The molecular formula is C22H16FNO2. The molecule has 1 heterocycles. The predicted octanol–water partition coefficient (Wildman–Crippen LogP) is 4.99. The van der Waals surface area contributed by atoms with E-state index in [0.29, 0.717) is 16.8 Å². The molecule has 3 aromatic rings. The number of hydrogen-bond acceptors (Lipinski definition) is 2. The fourth-order valence-corrected chi connectivity index (χ4v) is 3.13. The van der Waals surface area contributed by atoms with Gasteiger partial charge in [0.05, 0.1) is 7.11 Å². The fourth-order valence-electron chi connectivity index (χ4n) is 3.13. The molecule has 1 N–H and O–H groups in total. The molecule has 0 atom stereocenters. The molecule has 0 saturated carbocycles. The van der Waals surface area contributed by atoms with E-state index < -0.39 is 0 Å². The van der Waals surface area contributed by atoms with Crippen LogP contribution in [0.5, 0.6) is 5.75 Å². The molecule has 0 radical (unpaired) electrons. The van der Waals surface area contributed by atoms with Gasteiger partial charge in [-0.25, -0.2) is 4.39 Å². The molecule has 0 spiro atoms. The Hall–Kier alpha value is -3.40. The minimum Gasteiger partial charge on any atom is -0.496 e. The maximum absolute atomic E-state index is 13.6. The third-order valence-corrected chi connectivity index (χ3v) is 4.38. The maximum atomic E-state index is 13.6. The lowest BCUT2D eigenvalue weighted by atomic mass is 9.99. The van der Waals surface area contributed by atoms with Crippen molar-refractivity contribution in [3.8, 4) is 16.9 Å². The molecule has 26 heavy (non-hydrogen) atoms. The van der Waals surface area contributed by atoms with Crippen molar-refractivity contribution in [3.63, 3.8) is 0 Å². The third-order valence-electron chi connectivity index (χ3n) is 4.38. The van der Waals surface area contributed by atoms with E-state index >= 15 is 0 Å². The number of amides is 1. The van der Waals surface area contributed by atoms with Crippen LogP contribution in [0.25, 0.3) is 22.8 Å². The first-order chi connectivity index (χ1) is 12.7. The highest BCUT2D eigenvalue weighted by Crippen LogP contribution is 2.36. The van der Waals surface area contributed by atoms with Crippen LogP contribution in [0.3, 0.4) is 0 Å². The first-order valence-corrected chi connectivity index (χ1v) is 8.22. The number of anilines is 1. The molecule has 128 valence electrons. The van der Waals surface area contributed by atoms with Crippen molar-refractivity contribution in [1.29, 1.82) is 0 Å². The van der Waals surface area contributed by atoms with Gasteiger partial charge >= 0.3 is 0 Å². The second-order valence-corrected chi connectivity index (χ2v) is 6.03. The van der Waals surface area contributed by atoms with Crippen LogP contribution in [-0.4, -0.2) is 13.0 Å². The van der Waals surface area contributed by atoms with Crippen molar-refractivity contribution in [2.45, 2.75) is 0 Å². The van der Waals surface area contributed by atoms with E-state index in [-0.39, 0.29) is 11.7 Å². The summed E-state index contributed by atoms with van der Waals surface area (Å²) in [5.41, 5.74) is 4.44. The van der Waals surface area contributed by atoms with Crippen LogP contribution in [0, 0.1) is 5.82 Å². The molecular weight excluding hydrogens is 329 g/mol. The zero-order valence-corrected chi connectivity index (χ0v) is 14.1. The summed E-state index contributed by atoms with van der Waals surface area (Å²) < 4.78 is 19.1. The number of halogens is 1. The average Bonchev–Trinajstić information content (AvgIpc) is 2.97. The lowest BCUT2D eigenvalue weighted by Crippen LogP contribution is -2.03. The van der Waals surface area contributed by atoms with E-state index in [9.17, 15) is 9.18 Å². The minimum absolute atomic E-state index is 0.234. The molecule has 0 bridgehead atoms. The van der Waals surface area contributed by atoms with Crippen molar-refractivity contribution >= 4 is 23.2 Å². The highest BCUT2D eigenvalue weighted by molar-refractivity contribution is 6.34. The SMILES string of the molecule is COc1ccc(C=C2C(=O)Nc3ccc(F)cc32)cc1-c1ccccc1. The first-order valence-electron chi connectivity index (χ1n) is 8.22. The van der Waals surface area contributed by atoms with Crippen molar-refractivity contribution in [1.82, 2.24) is 0 Å². The van der Waals surface area contributed by atoms with Crippen LogP contribution in [0.15, 0.2) is 66.7 Å². The molecule has 0 fully saturated rings. The molecule has 1 aliphatic rings. The predicted molar refractivity (Wildman–Crippen MR) is 101 cm³/mol. The topological polar surface area (TPSA) is 38.3 Å². The van der Waals surface area contributed by atoms with Crippen LogP contribution in [0.2, 0.25) is 0 Å². The summed E-state index contributed by atoms with van der Waals surface area (Å²) >= 11 is 0.